The summed E-state index contributed by atoms with van der Waals surface area (Å²) in [7, 11) is 1.88. The Kier molecular flexibility index (Phi) is 3.91. The van der Waals surface area contributed by atoms with Crippen molar-refractivity contribution < 1.29 is 4.39 Å². The minimum Gasteiger partial charge on any atom is -0.352 e. The summed E-state index contributed by atoms with van der Waals surface area (Å²) in [5, 5.41) is 0. The lowest BCUT2D eigenvalue weighted by molar-refractivity contribution is 0.584. The van der Waals surface area contributed by atoms with E-state index in [4.69, 9.17) is 0 Å². The van der Waals surface area contributed by atoms with E-state index in [0.29, 0.717) is 5.56 Å². The molecule has 0 fully saturated rings. The van der Waals surface area contributed by atoms with Gasteiger partial charge in [0.05, 0.1) is 10.5 Å². The Bertz CT molecular complexity index is 498. The van der Waals surface area contributed by atoms with Crippen LogP contribution >= 0.6 is 15.9 Å². The predicted octanol–water partition coefficient (Wildman–Crippen LogP) is 3.58. The number of hydrogen-bond donors (Lipinski definition) is 0. The van der Waals surface area contributed by atoms with Crippen molar-refractivity contribution >= 4 is 21.7 Å². The van der Waals surface area contributed by atoms with E-state index in [9.17, 15) is 4.39 Å². The average Bonchev–Trinajstić information content (AvgIpc) is 2.38. The van der Waals surface area contributed by atoms with Gasteiger partial charge < -0.3 is 4.90 Å². The zero-order chi connectivity index (χ0) is 13.1. The molecular weight excluding hydrogens is 297 g/mol. The van der Waals surface area contributed by atoms with Gasteiger partial charge in [-0.2, -0.15) is 0 Å². The van der Waals surface area contributed by atoms with E-state index in [1.807, 2.05) is 24.9 Å². The molecule has 0 saturated heterocycles. The zero-order valence-electron chi connectivity index (χ0n) is 10.1. The highest BCUT2D eigenvalue weighted by molar-refractivity contribution is 9.10. The Balaban J connectivity index is 2.33. The van der Waals surface area contributed by atoms with Gasteiger partial charge in [0, 0.05) is 18.8 Å². The molecule has 0 aliphatic rings. The van der Waals surface area contributed by atoms with Crippen molar-refractivity contribution in [2.24, 2.45) is 0 Å². The fourth-order valence-corrected chi connectivity index (χ4v) is 2.27. The highest BCUT2D eigenvalue weighted by Crippen LogP contribution is 2.29. The van der Waals surface area contributed by atoms with Crippen molar-refractivity contribution in [2.45, 2.75) is 13.0 Å². The maximum Gasteiger partial charge on any atom is 0.146 e. The summed E-state index contributed by atoms with van der Waals surface area (Å²) >= 11 is 3.40. The molecule has 0 spiro atoms. The third-order valence-electron chi connectivity index (χ3n) is 2.92. The maximum atomic E-state index is 13.7. The molecule has 3 nitrogen and oxygen atoms in total. The van der Waals surface area contributed by atoms with Crippen molar-refractivity contribution in [3.8, 4) is 0 Å². The molecule has 2 rings (SSSR count). The third-order valence-corrected chi connectivity index (χ3v) is 3.48. The van der Waals surface area contributed by atoms with Gasteiger partial charge in [0.1, 0.15) is 18.0 Å². The van der Waals surface area contributed by atoms with Crippen LogP contribution in [-0.2, 0) is 0 Å². The molecule has 0 radical (unpaired) electrons. The molecular formula is C13H13BrFN3. The Morgan fingerprint density at radius 1 is 1.33 bits per heavy atom. The standard InChI is InChI=1S/C13H13BrFN3/c1-9(10-5-3-4-6-12(10)15)18(2)13-11(14)7-16-8-17-13/h3-9H,1-2H3. The monoisotopic (exact) mass is 309 g/mol. The quantitative estimate of drug-likeness (QED) is 0.868. The smallest absolute Gasteiger partial charge is 0.146 e. The third kappa shape index (κ3) is 2.51. The Hall–Kier alpha value is -1.49. The molecule has 1 aromatic heterocycles. The van der Waals surface area contributed by atoms with E-state index in [1.54, 1.807) is 18.3 Å². The van der Waals surface area contributed by atoms with Crippen LogP contribution < -0.4 is 4.90 Å². The number of nitrogens with zero attached hydrogens (tertiary/aromatic N) is 3. The number of halogens is 2. The summed E-state index contributed by atoms with van der Waals surface area (Å²) in [5.74, 6) is 0.530. The summed E-state index contributed by atoms with van der Waals surface area (Å²) in [6.07, 6.45) is 3.15. The lowest BCUT2D eigenvalue weighted by Gasteiger charge is -2.27. The molecule has 1 unspecified atom stereocenters. The van der Waals surface area contributed by atoms with Crippen LogP contribution in [0.2, 0.25) is 0 Å². The van der Waals surface area contributed by atoms with Gasteiger partial charge in [-0.1, -0.05) is 18.2 Å². The van der Waals surface area contributed by atoms with Crippen molar-refractivity contribution in [3.05, 3.63) is 52.6 Å². The number of aromatic nitrogens is 2. The number of anilines is 1. The molecule has 0 aliphatic carbocycles. The van der Waals surface area contributed by atoms with Crippen molar-refractivity contribution in [2.75, 3.05) is 11.9 Å². The molecule has 5 heteroatoms. The highest BCUT2D eigenvalue weighted by Gasteiger charge is 2.18. The van der Waals surface area contributed by atoms with Crippen LogP contribution in [0.3, 0.4) is 0 Å². The second-order valence-electron chi connectivity index (χ2n) is 4.00. The van der Waals surface area contributed by atoms with Gasteiger partial charge in [0.2, 0.25) is 0 Å². The normalized spacial score (nSPS) is 12.2. The van der Waals surface area contributed by atoms with E-state index >= 15 is 0 Å². The molecule has 0 saturated carbocycles. The number of benzene rings is 1. The molecule has 1 atom stereocenters. The van der Waals surface area contributed by atoms with Gasteiger partial charge >= 0.3 is 0 Å². The fraction of sp³-hybridized carbons (Fsp3) is 0.231. The SMILES string of the molecule is CC(c1ccccc1F)N(C)c1ncncc1Br. The molecule has 0 aliphatic heterocycles. The molecule has 0 N–H and O–H groups in total. The summed E-state index contributed by atoms with van der Waals surface area (Å²) in [5.41, 5.74) is 0.644. The first kappa shape index (κ1) is 13.0. The van der Waals surface area contributed by atoms with Crippen LogP contribution in [-0.4, -0.2) is 17.0 Å². The van der Waals surface area contributed by atoms with E-state index < -0.39 is 0 Å². The number of hydrogen-bond acceptors (Lipinski definition) is 3. The predicted molar refractivity (Wildman–Crippen MR) is 73.0 cm³/mol. The second kappa shape index (κ2) is 5.44. The van der Waals surface area contributed by atoms with Crippen LogP contribution in [0.4, 0.5) is 10.2 Å². The summed E-state index contributed by atoms with van der Waals surface area (Å²) in [6.45, 7) is 1.94. The fourth-order valence-electron chi connectivity index (χ4n) is 1.77. The van der Waals surface area contributed by atoms with Crippen LogP contribution in [0.1, 0.15) is 18.5 Å². The molecule has 2 aromatic rings. The lowest BCUT2D eigenvalue weighted by atomic mass is 10.1. The van der Waals surface area contributed by atoms with Gasteiger partial charge in [-0.25, -0.2) is 14.4 Å². The van der Waals surface area contributed by atoms with Gasteiger partial charge in [-0.05, 0) is 28.9 Å². The molecule has 1 heterocycles. The van der Waals surface area contributed by atoms with Gasteiger partial charge in [0.15, 0.2) is 0 Å². The highest BCUT2D eigenvalue weighted by atomic mass is 79.9. The lowest BCUT2D eigenvalue weighted by Crippen LogP contribution is -2.23. The Morgan fingerprint density at radius 2 is 2.06 bits per heavy atom. The summed E-state index contributed by atoms with van der Waals surface area (Å²) in [4.78, 5) is 10.0. The molecule has 94 valence electrons. The van der Waals surface area contributed by atoms with E-state index in [1.165, 1.54) is 12.4 Å². The van der Waals surface area contributed by atoms with Gasteiger partial charge in [0.25, 0.3) is 0 Å². The topological polar surface area (TPSA) is 29.0 Å². The Labute approximate surface area is 114 Å². The van der Waals surface area contributed by atoms with E-state index in [-0.39, 0.29) is 11.9 Å². The van der Waals surface area contributed by atoms with Crippen molar-refractivity contribution in [1.82, 2.24) is 9.97 Å². The van der Waals surface area contributed by atoms with Crippen LogP contribution in [0.15, 0.2) is 41.3 Å². The molecule has 1 aromatic carbocycles. The maximum absolute atomic E-state index is 13.7. The number of rotatable bonds is 3. The zero-order valence-corrected chi connectivity index (χ0v) is 11.7. The first-order valence-electron chi connectivity index (χ1n) is 5.54. The largest absolute Gasteiger partial charge is 0.352 e. The second-order valence-corrected chi connectivity index (χ2v) is 4.86. The van der Waals surface area contributed by atoms with Crippen molar-refractivity contribution in [3.63, 3.8) is 0 Å². The van der Waals surface area contributed by atoms with Crippen LogP contribution in [0, 0.1) is 5.82 Å². The van der Waals surface area contributed by atoms with Gasteiger partial charge in [-0.3, -0.25) is 0 Å². The van der Waals surface area contributed by atoms with E-state index in [2.05, 4.69) is 25.9 Å². The minimum absolute atomic E-state index is 0.114. The summed E-state index contributed by atoms with van der Waals surface area (Å²) < 4.78 is 14.5. The molecule has 0 amide bonds. The molecule has 0 bridgehead atoms. The minimum atomic E-state index is -0.206. The first-order chi connectivity index (χ1) is 8.61. The van der Waals surface area contributed by atoms with Crippen LogP contribution in [0.5, 0.6) is 0 Å². The van der Waals surface area contributed by atoms with E-state index in [0.717, 1.165) is 10.3 Å². The Morgan fingerprint density at radius 3 is 2.72 bits per heavy atom. The van der Waals surface area contributed by atoms with Gasteiger partial charge in [-0.15, -0.1) is 0 Å². The van der Waals surface area contributed by atoms with Crippen molar-refractivity contribution in [1.29, 1.82) is 0 Å². The molecule has 18 heavy (non-hydrogen) atoms. The first-order valence-corrected chi connectivity index (χ1v) is 6.33. The summed E-state index contributed by atoms with van der Waals surface area (Å²) in [6, 6.07) is 6.65. The average molecular weight is 310 g/mol. The van der Waals surface area contributed by atoms with Crippen LogP contribution in [0.25, 0.3) is 0 Å².